The summed E-state index contributed by atoms with van der Waals surface area (Å²) in [4.78, 5) is 3.75. The third kappa shape index (κ3) is 1.86. The quantitative estimate of drug-likeness (QED) is 0.606. The zero-order valence-corrected chi connectivity index (χ0v) is 9.33. The normalized spacial score (nSPS) is 15.1. The summed E-state index contributed by atoms with van der Waals surface area (Å²) in [5.41, 5.74) is -2.58. The first-order valence-electron chi connectivity index (χ1n) is 5.05. The monoisotopic (exact) mass is 257 g/mol. The molecule has 3 N–H and O–H groups in total. The molecule has 0 bridgehead atoms. The van der Waals surface area contributed by atoms with Crippen LogP contribution in [0.1, 0.15) is 12.6 Å². The summed E-state index contributed by atoms with van der Waals surface area (Å²) < 4.78 is 26.5. The van der Waals surface area contributed by atoms with E-state index in [1.165, 1.54) is 6.07 Å². The molecular formula is C9H10BF2N3O3. The van der Waals surface area contributed by atoms with Gasteiger partial charge in [0.25, 0.3) is 6.43 Å². The predicted molar refractivity (Wildman–Crippen MR) is 58.4 cm³/mol. The third-order valence-corrected chi connectivity index (χ3v) is 2.68. The Morgan fingerprint density at radius 1 is 1.39 bits per heavy atom. The van der Waals surface area contributed by atoms with Gasteiger partial charge in [0.1, 0.15) is 6.33 Å². The highest BCUT2D eigenvalue weighted by molar-refractivity contribution is 6.60. The van der Waals surface area contributed by atoms with E-state index >= 15 is 0 Å². The van der Waals surface area contributed by atoms with Gasteiger partial charge in [0.2, 0.25) is 0 Å². The fourth-order valence-electron chi connectivity index (χ4n) is 1.62. The molecule has 0 saturated heterocycles. The molecule has 6 nitrogen and oxygen atoms in total. The van der Waals surface area contributed by atoms with Crippen LogP contribution < -0.4 is 5.46 Å². The van der Waals surface area contributed by atoms with E-state index in [1.54, 1.807) is 0 Å². The summed E-state index contributed by atoms with van der Waals surface area (Å²) >= 11 is 0. The lowest BCUT2D eigenvalue weighted by Gasteiger charge is -2.23. The molecule has 0 radical (unpaired) electrons. The van der Waals surface area contributed by atoms with Gasteiger partial charge in [0.15, 0.2) is 11.2 Å². The van der Waals surface area contributed by atoms with Gasteiger partial charge in [-0.2, -0.15) is 5.10 Å². The Balaban J connectivity index is 2.69. The van der Waals surface area contributed by atoms with E-state index in [0.29, 0.717) is 0 Å². The standard InChI is InChI=1S/C9H10BF2N3O3/c1-9(16,8(11)12)6-3-2-5(10(17)18)7-13-4-14-15(6)7/h2-4,8,16-18H,1H3. The number of aliphatic hydroxyl groups is 1. The van der Waals surface area contributed by atoms with Crippen molar-refractivity contribution in [2.24, 2.45) is 0 Å². The largest absolute Gasteiger partial charge is 0.492 e. The van der Waals surface area contributed by atoms with Gasteiger partial charge in [-0.25, -0.2) is 18.3 Å². The number of fused-ring (bicyclic) bond motifs is 1. The van der Waals surface area contributed by atoms with Crippen LogP contribution in [0.15, 0.2) is 18.5 Å². The Labute approximate surface area is 101 Å². The number of alkyl halides is 2. The average Bonchev–Trinajstić information content (AvgIpc) is 2.75. The Hall–Kier alpha value is -1.58. The van der Waals surface area contributed by atoms with Gasteiger partial charge in [-0.15, -0.1) is 0 Å². The minimum absolute atomic E-state index is 0.00317. The van der Waals surface area contributed by atoms with Crippen molar-refractivity contribution in [1.29, 1.82) is 0 Å². The Morgan fingerprint density at radius 2 is 2.06 bits per heavy atom. The zero-order chi connectivity index (χ0) is 13.5. The van der Waals surface area contributed by atoms with Crippen LogP contribution in [0.25, 0.3) is 5.65 Å². The van der Waals surface area contributed by atoms with Crippen LogP contribution >= 0.6 is 0 Å². The van der Waals surface area contributed by atoms with Crippen LogP contribution in [0.5, 0.6) is 0 Å². The van der Waals surface area contributed by atoms with Gasteiger partial charge in [0, 0.05) is 5.46 Å². The smallest absolute Gasteiger partial charge is 0.423 e. The maximum atomic E-state index is 12.8. The van der Waals surface area contributed by atoms with E-state index in [4.69, 9.17) is 10.0 Å². The van der Waals surface area contributed by atoms with Crippen LogP contribution in [0.2, 0.25) is 0 Å². The number of pyridine rings is 1. The van der Waals surface area contributed by atoms with Crippen molar-refractivity contribution < 1.29 is 23.9 Å². The van der Waals surface area contributed by atoms with Crippen molar-refractivity contribution in [3.63, 3.8) is 0 Å². The third-order valence-electron chi connectivity index (χ3n) is 2.68. The van der Waals surface area contributed by atoms with E-state index < -0.39 is 19.1 Å². The van der Waals surface area contributed by atoms with Gasteiger partial charge in [-0.3, -0.25) is 0 Å². The summed E-state index contributed by atoms with van der Waals surface area (Å²) in [6.07, 6.45) is -1.94. The highest BCUT2D eigenvalue weighted by atomic mass is 19.3. The van der Waals surface area contributed by atoms with Crippen molar-refractivity contribution in [2.75, 3.05) is 0 Å². The number of aromatic nitrogens is 3. The molecule has 0 fully saturated rings. The van der Waals surface area contributed by atoms with E-state index in [9.17, 15) is 13.9 Å². The number of rotatable bonds is 3. The molecule has 9 heteroatoms. The maximum absolute atomic E-state index is 12.8. The molecule has 2 rings (SSSR count). The molecule has 1 unspecified atom stereocenters. The Bertz CT molecular complexity index is 573. The second kappa shape index (κ2) is 4.27. The van der Waals surface area contributed by atoms with E-state index in [-0.39, 0.29) is 16.8 Å². The molecule has 96 valence electrons. The van der Waals surface area contributed by atoms with Crippen molar-refractivity contribution in [1.82, 2.24) is 14.6 Å². The number of hydrogen-bond donors (Lipinski definition) is 3. The first-order chi connectivity index (χ1) is 8.35. The highest BCUT2D eigenvalue weighted by Gasteiger charge is 2.37. The molecule has 0 aliphatic rings. The summed E-state index contributed by atoms with van der Waals surface area (Å²) in [7, 11) is -1.80. The molecule has 0 aliphatic heterocycles. The van der Waals surface area contributed by atoms with Gasteiger partial charge >= 0.3 is 7.12 Å². The minimum Gasteiger partial charge on any atom is -0.423 e. The highest BCUT2D eigenvalue weighted by Crippen LogP contribution is 2.27. The molecule has 2 aromatic rings. The van der Waals surface area contributed by atoms with Gasteiger partial charge in [0.05, 0.1) is 5.69 Å². The predicted octanol–water partition coefficient (Wildman–Crippen LogP) is -1.12. The van der Waals surface area contributed by atoms with E-state index in [1.807, 2.05) is 0 Å². The summed E-state index contributed by atoms with van der Waals surface area (Å²) in [5.74, 6) is 0. The molecule has 18 heavy (non-hydrogen) atoms. The lowest BCUT2D eigenvalue weighted by atomic mass is 9.80. The van der Waals surface area contributed by atoms with Gasteiger partial charge in [-0.1, -0.05) is 6.07 Å². The lowest BCUT2D eigenvalue weighted by Crippen LogP contribution is -2.37. The molecule has 0 amide bonds. The second-order valence-electron chi connectivity index (χ2n) is 3.99. The molecule has 2 heterocycles. The van der Waals surface area contributed by atoms with E-state index in [0.717, 1.165) is 23.8 Å². The maximum Gasteiger partial charge on any atom is 0.492 e. The molecule has 0 spiro atoms. The van der Waals surface area contributed by atoms with Crippen molar-refractivity contribution in [3.8, 4) is 0 Å². The fraction of sp³-hybridized carbons (Fsp3) is 0.333. The van der Waals surface area contributed by atoms with Crippen molar-refractivity contribution in [3.05, 3.63) is 24.2 Å². The van der Waals surface area contributed by atoms with Gasteiger partial charge < -0.3 is 15.2 Å². The Morgan fingerprint density at radius 3 is 2.61 bits per heavy atom. The fourth-order valence-corrected chi connectivity index (χ4v) is 1.62. The topological polar surface area (TPSA) is 90.9 Å². The van der Waals surface area contributed by atoms with Crippen molar-refractivity contribution >= 4 is 18.2 Å². The zero-order valence-electron chi connectivity index (χ0n) is 9.33. The van der Waals surface area contributed by atoms with Crippen LogP contribution in [0.4, 0.5) is 8.78 Å². The molecular weight excluding hydrogens is 247 g/mol. The SMILES string of the molecule is CC(O)(c1ccc(B(O)O)c2ncnn12)C(F)F. The number of halogens is 2. The molecule has 0 aromatic carbocycles. The van der Waals surface area contributed by atoms with Crippen LogP contribution in [-0.2, 0) is 5.60 Å². The van der Waals surface area contributed by atoms with Crippen LogP contribution in [-0.4, -0.2) is 43.3 Å². The molecule has 0 aliphatic carbocycles. The van der Waals surface area contributed by atoms with Gasteiger partial charge in [-0.05, 0) is 13.0 Å². The van der Waals surface area contributed by atoms with Crippen LogP contribution in [0, 0.1) is 0 Å². The molecule has 2 aromatic heterocycles. The number of nitrogens with zero attached hydrogens (tertiary/aromatic N) is 3. The summed E-state index contributed by atoms with van der Waals surface area (Å²) in [5, 5.41) is 31.7. The summed E-state index contributed by atoms with van der Waals surface area (Å²) in [6.45, 7) is 0.948. The first-order valence-corrected chi connectivity index (χ1v) is 5.05. The van der Waals surface area contributed by atoms with E-state index in [2.05, 4.69) is 10.1 Å². The molecule has 1 atom stereocenters. The average molecular weight is 257 g/mol. The first kappa shape index (κ1) is 12.9. The molecule has 0 saturated carbocycles. The lowest BCUT2D eigenvalue weighted by molar-refractivity contribution is -0.0922. The second-order valence-corrected chi connectivity index (χ2v) is 3.99. The number of hydrogen-bond acceptors (Lipinski definition) is 5. The van der Waals surface area contributed by atoms with Crippen molar-refractivity contribution in [2.45, 2.75) is 19.0 Å². The Kier molecular flexibility index (Phi) is 3.05. The summed E-state index contributed by atoms with van der Waals surface area (Å²) in [6, 6.07) is 2.36. The van der Waals surface area contributed by atoms with Crippen LogP contribution in [0.3, 0.4) is 0 Å². The minimum atomic E-state index is -3.02.